The number of hydrogen-bond donors (Lipinski definition) is 2. The molecule has 1 rings (SSSR count). The first-order valence-corrected chi connectivity index (χ1v) is 5.94. The molecule has 0 saturated carbocycles. The zero-order chi connectivity index (χ0) is 12.8. The summed E-state index contributed by atoms with van der Waals surface area (Å²) >= 11 is 5.71. The number of unbranched alkanes of at least 4 members (excludes halogenated alkanes) is 1. The van der Waals surface area contributed by atoms with E-state index >= 15 is 0 Å². The number of halogens is 2. The highest BCUT2D eigenvalue weighted by molar-refractivity contribution is 6.30. The monoisotopic (exact) mass is 258 g/mol. The van der Waals surface area contributed by atoms with Gasteiger partial charge >= 0.3 is 0 Å². The summed E-state index contributed by atoms with van der Waals surface area (Å²) in [5.41, 5.74) is 5.74. The van der Waals surface area contributed by atoms with Crippen molar-refractivity contribution in [3.63, 3.8) is 0 Å². The fraction of sp³-hybridized carbons (Fsp3) is 0.417. The minimum Gasteiger partial charge on any atom is -0.322 e. The van der Waals surface area contributed by atoms with Crippen molar-refractivity contribution in [3.05, 3.63) is 29.0 Å². The number of benzene rings is 1. The maximum absolute atomic E-state index is 13.3. The SMILES string of the molecule is CCCC[C@H](N)C(=O)Nc1cc(Cl)ccc1F. The predicted octanol–water partition coefficient (Wildman–Crippen LogP) is 2.94. The van der Waals surface area contributed by atoms with E-state index in [0.717, 1.165) is 12.8 Å². The van der Waals surface area contributed by atoms with Crippen LogP contribution in [-0.4, -0.2) is 11.9 Å². The van der Waals surface area contributed by atoms with Crippen molar-refractivity contribution in [1.29, 1.82) is 0 Å². The van der Waals surface area contributed by atoms with Crippen LogP contribution in [0, 0.1) is 5.82 Å². The van der Waals surface area contributed by atoms with Crippen LogP contribution in [0.25, 0.3) is 0 Å². The van der Waals surface area contributed by atoms with E-state index in [4.69, 9.17) is 17.3 Å². The number of nitrogens with two attached hydrogens (primary N) is 1. The van der Waals surface area contributed by atoms with Crippen LogP contribution < -0.4 is 11.1 Å². The average molecular weight is 259 g/mol. The third kappa shape index (κ3) is 4.32. The van der Waals surface area contributed by atoms with Crippen LogP contribution in [-0.2, 0) is 4.79 Å². The van der Waals surface area contributed by atoms with E-state index in [2.05, 4.69) is 5.32 Å². The van der Waals surface area contributed by atoms with Gasteiger partial charge in [0.25, 0.3) is 0 Å². The molecule has 0 bridgehead atoms. The molecule has 0 aliphatic carbocycles. The summed E-state index contributed by atoms with van der Waals surface area (Å²) in [7, 11) is 0. The number of carbonyl (C=O) groups excluding carboxylic acids is 1. The molecule has 0 saturated heterocycles. The molecule has 0 aliphatic heterocycles. The van der Waals surface area contributed by atoms with Gasteiger partial charge in [-0.25, -0.2) is 4.39 Å². The molecule has 1 aromatic rings. The first-order valence-electron chi connectivity index (χ1n) is 5.56. The molecule has 17 heavy (non-hydrogen) atoms. The minimum atomic E-state index is -0.617. The number of anilines is 1. The summed E-state index contributed by atoms with van der Waals surface area (Å²) in [6, 6.07) is 3.37. The Balaban J connectivity index is 2.64. The average Bonchev–Trinajstić information content (AvgIpc) is 2.30. The van der Waals surface area contributed by atoms with Crippen LogP contribution in [0.4, 0.5) is 10.1 Å². The predicted molar refractivity (Wildman–Crippen MR) is 67.5 cm³/mol. The Morgan fingerprint density at radius 1 is 1.59 bits per heavy atom. The molecule has 0 aromatic heterocycles. The van der Waals surface area contributed by atoms with Crippen LogP contribution in [0.3, 0.4) is 0 Å². The quantitative estimate of drug-likeness (QED) is 0.853. The van der Waals surface area contributed by atoms with Crippen LogP contribution in [0.5, 0.6) is 0 Å². The smallest absolute Gasteiger partial charge is 0.241 e. The molecule has 3 N–H and O–H groups in total. The summed E-state index contributed by atoms with van der Waals surface area (Å²) in [5, 5.41) is 2.80. The van der Waals surface area contributed by atoms with Crippen LogP contribution >= 0.6 is 11.6 Å². The molecule has 0 heterocycles. The second-order valence-corrected chi connectivity index (χ2v) is 4.30. The molecule has 0 fully saturated rings. The van der Waals surface area contributed by atoms with Gasteiger partial charge in [0.05, 0.1) is 11.7 Å². The summed E-state index contributed by atoms with van der Waals surface area (Å²) in [6.07, 6.45) is 2.42. The number of hydrogen-bond acceptors (Lipinski definition) is 2. The molecule has 1 aromatic carbocycles. The molecule has 94 valence electrons. The molecule has 0 aliphatic rings. The van der Waals surface area contributed by atoms with Gasteiger partial charge in [-0.1, -0.05) is 31.4 Å². The summed E-state index contributed by atoms with van der Waals surface area (Å²) in [4.78, 5) is 11.6. The topological polar surface area (TPSA) is 55.1 Å². The van der Waals surface area contributed by atoms with Crippen molar-refractivity contribution in [2.45, 2.75) is 32.2 Å². The van der Waals surface area contributed by atoms with Gasteiger partial charge in [0.15, 0.2) is 0 Å². The van der Waals surface area contributed by atoms with E-state index in [-0.39, 0.29) is 11.6 Å². The van der Waals surface area contributed by atoms with Gasteiger partial charge in [-0.3, -0.25) is 4.79 Å². The fourth-order valence-corrected chi connectivity index (χ4v) is 1.55. The van der Waals surface area contributed by atoms with E-state index in [1.807, 2.05) is 6.92 Å². The lowest BCUT2D eigenvalue weighted by molar-refractivity contribution is -0.117. The molecule has 1 atom stereocenters. The van der Waals surface area contributed by atoms with Crippen LogP contribution in [0.15, 0.2) is 18.2 Å². The van der Waals surface area contributed by atoms with Crippen molar-refractivity contribution < 1.29 is 9.18 Å². The first kappa shape index (κ1) is 13.9. The zero-order valence-corrected chi connectivity index (χ0v) is 10.4. The number of amides is 1. The Labute approximate surface area is 105 Å². The lowest BCUT2D eigenvalue weighted by Crippen LogP contribution is -2.35. The van der Waals surface area contributed by atoms with Gasteiger partial charge in [-0.2, -0.15) is 0 Å². The molecule has 5 heteroatoms. The Kier molecular flexibility index (Phi) is 5.38. The van der Waals surface area contributed by atoms with E-state index in [9.17, 15) is 9.18 Å². The third-order valence-corrected chi connectivity index (χ3v) is 2.63. The van der Waals surface area contributed by atoms with E-state index in [1.54, 1.807) is 0 Å². The lowest BCUT2D eigenvalue weighted by Gasteiger charge is -2.12. The van der Waals surface area contributed by atoms with Crippen LogP contribution in [0.1, 0.15) is 26.2 Å². The van der Waals surface area contributed by atoms with Crippen molar-refractivity contribution in [1.82, 2.24) is 0 Å². The standard InChI is InChI=1S/C12H16ClFN2O/c1-2-3-4-10(15)12(17)16-11-7-8(13)5-6-9(11)14/h5-7,10H,2-4,15H2,1H3,(H,16,17)/t10-/m0/s1. The highest BCUT2D eigenvalue weighted by atomic mass is 35.5. The summed E-state index contributed by atoms with van der Waals surface area (Å²) in [5.74, 6) is -0.912. The summed E-state index contributed by atoms with van der Waals surface area (Å²) in [6.45, 7) is 2.02. The lowest BCUT2D eigenvalue weighted by atomic mass is 10.1. The fourth-order valence-electron chi connectivity index (χ4n) is 1.37. The third-order valence-electron chi connectivity index (χ3n) is 2.39. The minimum absolute atomic E-state index is 0.0643. The van der Waals surface area contributed by atoms with Crippen molar-refractivity contribution in [2.24, 2.45) is 5.73 Å². The largest absolute Gasteiger partial charge is 0.322 e. The Bertz CT molecular complexity index is 398. The maximum atomic E-state index is 13.3. The second-order valence-electron chi connectivity index (χ2n) is 3.86. The van der Waals surface area contributed by atoms with Gasteiger partial charge in [-0.05, 0) is 24.6 Å². The highest BCUT2D eigenvalue weighted by Crippen LogP contribution is 2.19. The molecule has 1 amide bonds. The summed E-state index contributed by atoms with van der Waals surface area (Å²) < 4.78 is 13.3. The molecule has 3 nitrogen and oxygen atoms in total. The first-order chi connectivity index (χ1) is 8.04. The van der Waals surface area contributed by atoms with E-state index in [1.165, 1.54) is 18.2 Å². The van der Waals surface area contributed by atoms with Gasteiger partial charge < -0.3 is 11.1 Å². The molecular formula is C12H16ClFN2O. The number of nitrogens with one attached hydrogen (secondary N) is 1. The van der Waals surface area contributed by atoms with Gasteiger partial charge in [0.2, 0.25) is 5.91 Å². The van der Waals surface area contributed by atoms with E-state index in [0.29, 0.717) is 11.4 Å². The highest BCUT2D eigenvalue weighted by Gasteiger charge is 2.14. The zero-order valence-electron chi connectivity index (χ0n) is 9.67. The molecule has 0 radical (unpaired) electrons. The normalized spacial score (nSPS) is 12.2. The van der Waals surface area contributed by atoms with Crippen molar-refractivity contribution >= 4 is 23.2 Å². The van der Waals surface area contributed by atoms with Gasteiger partial charge in [0.1, 0.15) is 5.82 Å². The molecule has 0 unspecified atom stereocenters. The van der Waals surface area contributed by atoms with Gasteiger partial charge in [0, 0.05) is 5.02 Å². The Morgan fingerprint density at radius 3 is 2.94 bits per heavy atom. The number of rotatable bonds is 5. The Morgan fingerprint density at radius 2 is 2.29 bits per heavy atom. The molecular weight excluding hydrogens is 243 g/mol. The van der Waals surface area contributed by atoms with Crippen LogP contribution in [0.2, 0.25) is 5.02 Å². The van der Waals surface area contributed by atoms with Crippen molar-refractivity contribution in [2.75, 3.05) is 5.32 Å². The maximum Gasteiger partial charge on any atom is 0.241 e. The Hall–Kier alpha value is -1.13. The van der Waals surface area contributed by atoms with Gasteiger partial charge in [-0.15, -0.1) is 0 Å². The number of carbonyl (C=O) groups is 1. The van der Waals surface area contributed by atoms with E-state index < -0.39 is 11.9 Å². The second kappa shape index (κ2) is 6.57. The molecule has 0 spiro atoms. The van der Waals surface area contributed by atoms with Crippen molar-refractivity contribution in [3.8, 4) is 0 Å².